The Kier molecular flexibility index (Phi) is 6.36. The highest BCUT2D eigenvalue weighted by atomic mass is 32.2. The second kappa shape index (κ2) is 8.52. The fourth-order valence-corrected chi connectivity index (χ4v) is 4.21. The molecule has 2 aliphatic heterocycles. The second-order valence-corrected chi connectivity index (χ2v) is 7.69. The Morgan fingerprint density at radius 3 is 2.76 bits per heavy atom. The Balaban J connectivity index is 1.65. The van der Waals surface area contributed by atoms with Gasteiger partial charge in [0.2, 0.25) is 5.91 Å². The maximum atomic E-state index is 14.1. The highest BCUT2D eigenvalue weighted by Gasteiger charge is 2.32. The number of carbonyl (C=O) groups excluding carboxylic acids is 1. The van der Waals surface area contributed by atoms with Crippen molar-refractivity contribution >= 4 is 17.7 Å². The minimum Gasteiger partial charge on any atom is -0.378 e. The largest absolute Gasteiger partial charge is 0.378 e. The van der Waals surface area contributed by atoms with Crippen LogP contribution in [0.1, 0.15) is 31.4 Å². The molecule has 0 aliphatic carbocycles. The first-order valence-electron chi connectivity index (χ1n) is 9.04. The molecule has 138 valence electrons. The SMILES string of the molecule is CSc1ccc([C@@H](C)N2CCC[C@@H](C(=O)N3CCOCC3)C2)cc1F. The summed E-state index contributed by atoms with van der Waals surface area (Å²) in [6, 6.07) is 5.62. The molecule has 1 aromatic rings. The predicted molar refractivity (Wildman–Crippen MR) is 98.3 cm³/mol. The van der Waals surface area contributed by atoms with Crippen LogP contribution in [-0.4, -0.2) is 61.4 Å². The summed E-state index contributed by atoms with van der Waals surface area (Å²) in [6.07, 6.45) is 3.84. The van der Waals surface area contributed by atoms with Crippen molar-refractivity contribution in [2.75, 3.05) is 45.6 Å². The molecule has 2 saturated heterocycles. The fourth-order valence-electron chi connectivity index (χ4n) is 3.76. The maximum Gasteiger partial charge on any atom is 0.227 e. The molecule has 2 fully saturated rings. The average Bonchev–Trinajstić information content (AvgIpc) is 2.67. The van der Waals surface area contributed by atoms with Crippen molar-refractivity contribution in [1.82, 2.24) is 9.80 Å². The lowest BCUT2D eigenvalue weighted by Crippen LogP contribution is -2.48. The number of morpholine rings is 1. The van der Waals surface area contributed by atoms with Crippen molar-refractivity contribution in [3.63, 3.8) is 0 Å². The van der Waals surface area contributed by atoms with E-state index in [2.05, 4.69) is 11.8 Å². The molecule has 2 heterocycles. The van der Waals surface area contributed by atoms with Gasteiger partial charge in [-0.25, -0.2) is 4.39 Å². The van der Waals surface area contributed by atoms with Gasteiger partial charge < -0.3 is 9.64 Å². The first-order chi connectivity index (χ1) is 12.1. The standard InChI is InChI=1S/C19H27FN2O2S/c1-14(15-5-6-18(25-2)17(20)12-15)22-7-3-4-16(13-22)19(23)21-8-10-24-11-9-21/h5-6,12,14,16H,3-4,7-11,13H2,1-2H3/t14-,16-/m1/s1. The van der Waals surface area contributed by atoms with Gasteiger partial charge in [-0.05, 0) is 50.3 Å². The molecule has 4 nitrogen and oxygen atoms in total. The molecule has 6 heteroatoms. The molecule has 0 aromatic heterocycles. The van der Waals surface area contributed by atoms with Gasteiger partial charge in [0.1, 0.15) is 5.82 Å². The Labute approximate surface area is 153 Å². The van der Waals surface area contributed by atoms with E-state index in [4.69, 9.17) is 4.74 Å². The summed E-state index contributed by atoms with van der Waals surface area (Å²) < 4.78 is 19.5. The average molecular weight is 367 g/mol. The van der Waals surface area contributed by atoms with E-state index in [-0.39, 0.29) is 23.7 Å². The number of piperidine rings is 1. The lowest BCUT2D eigenvalue weighted by atomic mass is 9.94. The Morgan fingerprint density at radius 1 is 1.32 bits per heavy atom. The summed E-state index contributed by atoms with van der Waals surface area (Å²) in [4.78, 5) is 17.7. The lowest BCUT2D eigenvalue weighted by Gasteiger charge is -2.39. The van der Waals surface area contributed by atoms with Crippen molar-refractivity contribution < 1.29 is 13.9 Å². The van der Waals surface area contributed by atoms with Gasteiger partial charge in [-0.1, -0.05) is 6.07 Å². The van der Waals surface area contributed by atoms with Crippen molar-refractivity contribution in [3.8, 4) is 0 Å². The first-order valence-corrected chi connectivity index (χ1v) is 10.3. The Hall–Kier alpha value is -1.11. The van der Waals surface area contributed by atoms with Crippen molar-refractivity contribution in [1.29, 1.82) is 0 Å². The van der Waals surface area contributed by atoms with E-state index in [9.17, 15) is 9.18 Å². The summed E-state index contributed by atoms with van der Waals surface area (Å²) in [7, 11) is 0. The normalized spacial score (nSPS) is 23.5. The Bertz CT molecular complexity index is 607. The topological polar surface area (TPSA) is 32.8 Å². The van der Waals surface area contributed by atoms with Crippen LogP contribution >= 0.6 is 11.8 Å². The number of carbonyl (C=O) groups is 1. The number of amides is 1. The molecule has 1 aromatic carbocycles. The van der Waals surface area contributed by atoms with Gasteiger partial charge in [0, 0.05) is 30.6 Å². The van der Waals surface area contributed by atoms with Crippen LogP contribution < -0.4 is 0 Å². The summed E-state index contributed by atoms with van der Waals surface area (Å²) in [5.41, 5.74) is 0.981. The molecular weight excluding hydrogens is 339 g/mol. The maximum absolute atomic E-state index is 14.1. The van der Waals surface area contributed by atoms with E-state index in [0.717, 1.165) is 31.5 Å². The lowest BCUT2D eigenvalue weighted by molar-refractivity contribution is -0.141. The van der Waals surface area contributed by atoms with Gasteiger partial charge in [-0.15, -0.1) is 11.8 Å². The molecule has 0 N–H and O–H groups in total. The molecule has 0 radical (unpaired) electrons. The number of halogens is 1. The molecular formula is C19H27FN2O2S. The van der Waals surface area contributed by atoms with Gasteiger partial charge in [-0.2, -0.15) is 0 Å². The number of likely N-dealkylation sites (tertiary alicyclic amines) is 1. The minimum atomic E-state index is -0.158. The number of hydrogen-bond donors (Lipinski definition) is 0. The van der Waals surface area contributed by atoms with Crippen LogP contribution in [0.3, 0.4) is 0 Å². The zero-order valence-corrected chi connectivity index (χ0v) is 15.9. The third kappa shape index (κ3) is 4.36. The monoisotopic (exact) mass is 366 g/mol. The number of benzene rings is 1. The molecule has 0 bridgehead atoms. The van der Waals surface area contributed by atoms with Gasteiger partial charge in [-0.3, -0.25) is 9.69 Å². The van der Waals surface area contributed by atoms with Crippen molar-refractivity contribution in [3.05, 3.63) is 29.6 Å². The van der Waals surface area contributed by atoms with Gasteiger partial charge >= 0.3 is 0 Å². The predicted octanol–water partition coefficient (Wildman–Crippen LogP) is 3.18. The van der Waals surface area contributed by atoms with E-state index in [1.165, 1.54) is 11.8 Å². The zero-order valence-electron chi connectivity index (χ0n) is 15.0. The number of thioether (sulfide) groups is 1. The second-order valence-electron chi connectivity index (χ2n) is 6.84. The number of ether oxygens (including phenoxy) is 1. The zero-order chi connectivity index (χ0) is 17.8. The number of nitrogens with zero attached hydrogens (tertiary/aromatic N) is 2. The van der Waals surface area contributed by atoms with E-state index in [1.54, 1.807) is 6.07 Å². The fraction of sp³-hybridized carbons (Fsp3) is 0.632. The quantitative estimate of drug-likeness (QED) is 0.767. The van der Waals surface area contributed by atoms with Crippen LogP contribution in [0.2, 0.25) is 0 Å². The summed E-state index contributed by atoms with van der Waals surface area (Å²) in [5.74, 6) is 0.142. The molecule has 0 unspecified atom stereocenters. The summed E-state index contributed by atoms with van der Waals surface area (Å²) in [5, 5.41) is 0. The van der Waals surface area contributed by atoms with E-state index in [0.29, 0.717) is 31.2 Å². The minimum absolute atomic E-state index is 0.0459. The Morgan fingerprint density at radius 2 is 2.08 bits per heavy atom. The van der Waals surface area contributed by atoms with E-state index in [1.807, 2.05) is 23.3 Å². The molecule has 3 rings (SSSR count). The summed E-state index contributed by atoms with van der Waals surface area (Å²) in [6.45, 7) is 6.50. The van der Waals surface area contributed by atoms with Gasteiger partial charge in [0.25, 0.3) is 0 Å². The third-order valence-electron chi connectivity index (χ3n) is 5.33. The third-order valence-corrected chi connectivity index (χ3v) is 6.10. The smallest absolute Gasteiger partial charge is 0.227 e. The van der Waals surface area contributed by atoms with Crippen LogP contribution in [0.4, 0.5) is 4.39 Å². The van der Waals surface area contributed by atoms with Crippen LogP contribution in [0.15, 0.2) is 23.1 Å². The molecule has 2 atom stereocenters. The van der Waals surface area contributed by atoms with Crippen LogP contribution in [-0.2, 0) is 9.53 Å². The molecule has 2 aliphatic rings. The van der Waals surface area contributed by atoms with Crippen molar-refractivity contribution in [2.24, 2.45) is 5.92 Å². The first kappa shape index (κ1) is 18.7. The number of hydrogen-bond acceptors (Lipinski definition) is 4. The van der Waals surface area contributed by atoms with E-state index >= 15 is 0 Å². The molecule has 1 amide bonds. The van der Waals surface area contributed by atoms with Crippen LogP contribution in [0.25, 0.3) is 0 Å². The van der Waals surface area contributed by atoms with Crippen LogP contribution in [0, 0.1) is 11.7 Å². The highest BCUT2D eigenvalue weighted by Crippen LogP contribution is 2.30. The molecule has 0 saturated carbocycles. The van der Waals surface area contributed by atoms with E-state index < -0.39 is 0 Å². The van der Waals surface area contributed by atoms with Gasteiger partial charge in [0.05, 0.1) is 19.1 Å². The number of rotatable bonds is 4. The summed E-state index contributed by atoms with van der Waals surface area (Å²) >= 11 is 1.42. The molecule has 0 spiro atoms. The van der Waals surface area contributed by atoms with Gasteiger partial charge in [0.15, 0.2) is 0 Å². The van der Waals surface area contributed by atoms with Crippen molar-refractivity contribution in [2.45, 2.75) is 30.7 Å². The molecule has 25 heavy (non-hydrogen) atoms. The van der Waals surface area contributed by atoms with Crippen LogP contribution in [0.5, 0.6) is 0 Å². The highest BCUT2D eigenvalue weighted by molar-refractivity contribution is 7.98.